The fourth-order valence-electron chi connectivity index (χ4n) is 5.76. The SMILES string of the molecule is CCn1nc(C)cc1C(=O)Nc1nc2cc(C(N)=O)ccc2n1C/C=C/Cn1c(NC(=O)c2cc(C)nn2CC)nc2c(C)cccc21. The normalized spacial score (nSPS) is 11.6. The first-order chi connectivity index (χ1) is 23.1. The Labute approximate surface area is 276 Å². The smallest absolute Gasteiger partial charge is 0.276 e. The van der Waals surface area contributed by atoms with Crippen molar-refractivity contribution in [3.05, 3.63) is 94.6 Å². The Morgan fingerprint density at radius 1 is 0.750 bits per heavy atom. The van der Waals surface area contributed by atoms with E-state index in [4.69, 9.17) is 10.7 Å². The monoisotopic (exact) mass is 647 g/mol. The predicted octanol–water partition coefficient (Wildman–Crippen LogP) is 4.60. The van der Waals surface area contributed by atoms with Crippen LogP contribution in [-0.4, -0.2) is 56.4 Å². The number of aryl methyl sites for hydroxylation is 5. The maximum atomic E-state index is 13.4. The highest BCUT2D eigenvalue weighted by Crippen LogP contribution is 2.25. The molecule has 0 aliphatic carbocycles. The zero-order valence-electron chi connectivity index (χ0n) is 27.5. The maximum absolute atomic E-state index is 13.4. The summed E-state index contributed by atoms with van der Waals surface area (Å²) in [6.07, 6.45) is 3.91. The van der Waals surface area contributed by atoms with Crippen LogP contribution in [0.15, 0.2) is 60.7 Å². The molecule has 6 rings (SSSR count). The third kappa shape index (κ3) is 6.07. The van der Waals surface area contributed by atoms with Crippen molar-refractivity contribution in [1.82, 2.24) is 38.7 Å². The van der Waals surface area contributed by atoms with Crippen molar-refractivity contribution in [3.63, 3.8) is 0 Å². The van der Waals surface area contributed by atoms with E-state index in [-0.39, 0.29) is 11.8 Å². The number of amides is 3. The third-order valence-electron chi connectivity index (χ3n) is 8.08. The van der Waals surface area contributed by atoms with Gasteiger partial charge in [0.25, 0.3) is 11.8 Å². The second-order valence-corrected chi connectivity index (χ2v) is 11.5. The van der Waals surface area contributed by atoms with Crippen LogP contribution >= 0.6 is 0 Å². The molecule has 246 valence electrons. The molecular weight excluding hydrogens is 610 g/mol. The molecule has 4 aromatic heterocycles. The number of carbonyl (C=O) groups is 3. The number of nitrogens with one attached hydrogen (secondary N) is 2. The minimum absolute atomic E-state index is 0.296. The van der Waals surface area contributed by atoms with Gasteiger partial charge in [0.1, 0.15) is 11.4 Å². The van der Waals surface area contributed by atoms with Crippen LogP contribution < -0.4 is 16.4 Å². The minimum Gasteiger partial charge on any atom is -0.366 e. The number of rotatable bonds is 11. The number of aromatic nitrogens is 8. The molecular formula is C34H37N11O3. The van der Waals surface area contributed by atoms with Crippen molar-refractivity contribution in [2.45, 2.75) is 60.8 Å². The fourth-order valence-corrected chi connectivity index (χ4v) is 5.76. The lowest BCUT2D eigenvalue weighted by Crippen LogP contribution is -2.20. The molecule has 0 atom stereocenters. The summed E-state index contributed by atoms with van der Waals surface area (Å²) in [4.78, 5) is 48.0. The number of hydrogen-bond acceptors (Lipinski definition) is 7. The Bertz CT molecular complexity index is 2230. The van der Waals surface area contributed by atoms with Crippen LogP contribution in [0.3, 0.4) is 0 Å². The Hall–Kier alpha value is -6.05. The summed E-state index contributed by atoms with van der Waals surface area (Å²) in [7, 11) is 0. The number of allylic oxidation sites excluding steroid dienone is 2. The molecule has 0 saturated carbocycles. The molecule has 0 aliphatic rings. The lowest BCUT2D eigenvalue weighted by Gasteiger charge is -2.10. The van der Waals surface area contributed by atoms with Gasteiger partial charge in [-0.15, -0.1) is 0 Å². The average Bonchev–Trinajstić information content (AvgIpc) is 3.82. The number of primary amides is 1. The molecule has 0 bridgehead atoms. The summed E-state index contributed by atoms with van der Waals surface area (Å²) in [6.45, 7) is 11.3. The van der Waals surface area contributed by atoms with Gasteiger partial charge in [-0.2, -0.15) is 10.2 Å². The van der Waals surface area contributed by atoms with E-state index in [0.29, 0.717) is 66.1 Å². The number of benzene rings is 2. The Kier molecular flexibility index (Phi) is 8.63. The molecule has 0 radical (unpaired) electrons. The summed E-state index contributed by atoms with van der Waals surface area (Å²) >= 11 is 0. The molecule has 4 N–H and O–H groups in total. The van der Waals surface area contributed by atoms with Gasteiger partial charge in [-0.3, -0.25) is 34.4 Å². The first-order valence-electron chi connectivity index (χ1n) is 15.7. The first kappa shape index (κ1) is 31.9. The largest absolute Gasteiger partial charge is 0.366 e. The number of nitrogens with zero attached hydrogens (tertiary/aromatic N) is 8. The molecule has 14 heteroatoms. The highest BCUT2D eigenvalue weighted by molar-refractivity contribution is 6.04. The van der Waals surface area contributed by atoms with Crippen molar-refractivity contribution >= 4 is 51.7 Å². The molecule has 0 saturated heterocycles. The van der Waals surface area contributed by atoms with E-state index in [0.717, 1.165) is 28.0 Å². The summed E-state index contributed by atoms with van der Waals surface area (Å²) in [5.74, 6) is -0.496. The van der Waals surface area contributed by atoms with Gasteiger partial charge in [-0.25, -0.2) is 9.97 Å². The lowest BCUT2D eigenvalue weighted by molar-refractivity contribution is 0.0995. The highest BCUT2D eigenvalue weighted by Gasteiger charge is 2.20. The second-order valence-electron chi connectivity index (χ2n) is 11.5. The van der Waals surface area contributed by atoms with E-state index in [1.807, 2.05) is 74.1 Å². The summed E-state index contributed by atoms with van der Waals surface area (Å²) in [5, 5.41) is 14.7. The molecule has 6 aromatic rings. The molecule has 14 nitrogen and oxygen atoms in total. The van der Waals surface area contributed by atoms with Gasteiger partial charge in [0, 0.05) is 31.7 Å². The van der Waals surface area contributed by atoms with Crippen molar-refractivity contribution in [1.29, 1.82) is 0 Å². The van der Waals surface area contributed by atoms with Crippen LogP contribution in [0.1, 0.15) is 62.1 Å². The topological polar surface area (TPSA) is 173 Å². The van der Waals surface area contributed by atoms with E-state index in [9.17, 15) is 14.4 Å². The maximum Gasteiger partial charge on any atom is 0.276 e. The number of para-hydroxylation sites is 1. The molecule has 2 aromatic carbocycles. The van der Waals surface area contributed by atoms with Crippen molar-refractivity contribution in [3.8, 4) is 0 Å². The number of hydrogen-bond donors (Lipinski definition) is 3. The summed E-state index contributed by atoms with van der Waals surface area (Å²) in [6, 6.07) is 14.4. The van der Waals surface area contributed by atoms with E-state index in [1.54, 1.807) is 39.7 Å². The average molecular weight is 648 g/mol. The molecule has 0 fully saturated rings. The van der Waals surface area contributed by atoms with Gasteiger partial charge < -0.3 is 14.9 Å². The first-order valence-corrected chi connectivity index (χ1v) is 15.7. The predicted molar refractivity (Wildman–Crippen MR) is 183 cm³/mol. The number of anilines is 2. The number of imidazole rings is 2. The van der Waals surface area contributed by atoms with Crippen LogP contribution in [0, 0.1) is 20.8 Å². The Balaban J connectivity index is 1.30. The third-order valence-corrected chi connectivity index (χ3v) is 8.08. The Morgan fingerprint density at radius 2 is 1.31 bits per heavy atom. The number of fused-ring (bicyclic) bond motifs is 2. The molecule has 4 heterocycles. The zero-order chi connectivity index (χ0) is 34.1. The molecule has 0 spiro atoms. The van der Waals surface area contributed by atoms with Crippen LogP contribution in [0.5, 0.6) is 0 Å². The van der Waals surface area contributed by atoms with Gasteiger partial charge in [0.2, 0.25) is 17.8 Å². The standard InChI is InChI=1S/C34H37N11O3/c1-6-44-27(17-21(4)40-44)31(47)38-33-36-24-19-23(30(35)46)13-14-25(24)42(33)15-8-9-16-43-26-12-10-11-20(3)29(26)37-34(43)39-32(48)28-18-22(5)41-45(28)7-2/h8-14,17-19H,6-7,15-16H2,1-5H3,(H2,35,46)(H,36,38,47)(H,37,39,48)/b9-8+. The summed E-state index contributed by atoms with van der Waals surface area (Å²) in [5.41, 5.74) is 12.1. The van der Waals surface area contributed by atoms with Crippen LogP contribution in [-0.2, 0) is 26.2 Å². The lowest BCUT2D eigenvalue weighted by atomic mass is 10.2. The molecule has 48 heavy (non-hydrogen) atoms. The van der Waals surface area contributed by atoms with Gasteiger partial charge in [0.05, 0.1) is 33.5 Å². The van der Waals surface area contributed by atoms with Gasteiger partial charge in [0.15, 0.2) is 0 Å². The van der Waals surface area contributed by atoms with Crippen molar-refractivity contribution in [2.75, 3.05) is 10.6 Å². The van der Waals surface area contributed by atoms with Gasteiger partial charge >= 0.3 is 0 Å². The van der Waals surface area contributed by atoms with E-state index < -0.39 is 5.91 Å². The Morgan fingerprint density at radius 3 is 1.88 bits per heavy atom. The van der Waals surface area contributed by atoms with Gasteiger partial charge in [-0.1, -0.05) is 24.3 Å². The highest BCUT2D eigenvalue weighted by atomic mass is 16.2. The molecule has 0 aliphatic heterocycles. The van der Waals surface area contributed by atoms with Crippen LogP contribution in [0.25, 0.3) is 22.1 Å². The number of nitrogens with two attached hydrogens (primary N) is 1. The van der Waals surface area contributed by atoms with Crippen molar-refractivity contribution in [2.24, 2.45) is 5.73 Å². The summed E-state index contributed by atoms with van der Waals surface area (Å²) < 4.78 is 7.09. The van der Waals surface area contributed by atoms with Crippen molar-refractivity contribution < 1.29 is 14.4 Å². The molecule has 3 amide bonds. The van der Waals surface area contributed by atoms with Crippen LogP contribution in [0.2, 0.25) is 0 Å². The molecule has 0 unspecified atom stereocenters. The van der Waals surface area contributed by atoms with E-state index in [1.165, 1.54) is 0 Å². The number of carbonyl (C=O) groups excluding carboxylic acids is 3. The zero-order valence-corrected chi connectivity index (χ0v) is 27.5. The second kappa shape index (κ2) is 13.0. The fraction of sp³-hybridized carbons (Fsp3) is 0.265. The quantitative estimate of drug-likeness (QED) is 0.172. The van der Waals surface area contributed by atoms with Crippen LogP contribution in [0.4, 0.5) is 11.9 Å². The minimum atomic E-state index is -0.570. The van der Waals surface area contributed by atoms with Gasteiger partial charge in [-0.05, 0) is 76.6 Å². The van der Waals surface area contributed by atoms with E-state index in [2.05, 4.69) is 25.8 Å². The van der Waals surface area contributed by atoms with E-state index >= 15 is 0 Å².